The third-order valence-corrected chi connectivity index (χ3v) is 3.27. The van der Waals surface area contributed by atoms with Crippen molar-refractivity contribution in [1.82, 2.24) is 5.32 Å². The lowest BCUT2D eigenvalue weighted by Gasteiger charge is -1.98. The summed E-state index contributed by atoms with van der Waals surface area (Å²) < 4.78 is 25.8. The van der Waals surface area contributed by atoms with E-state index in [0.717, 1.165) is 23.1 Å². The van der Waals surface area contributed by atoms with E-state index in [1.165, 1.54) is 17.4 Å². The van der Waals surface area contributed by atoms with Crippen LogP contribution in [-0.4, -0.2) is 7.05 Å². The summed E-state index contributed by atoms with van der Waals surface area (Å²) in [6.45, 7) is 0.778. The third-order valence-electron chi connectivity index (χ3n) is 2.24. The minimum Gasteiger partial charge on any atom is -0.316 e. The molecule has 0 radical (unpaired) electrons. The van der Waals surface area contributed by atoms with Crippen LogP contribution in [0.5, 0.6) is 0 Å². The van der Waals surface area contributed by atoms with Crippen molar-refractivity contribution >= 4 is 11.3 Å². The van der Waals surface area contributed by atoms with Crippen molar-refractivity contribution in [3.8, 4) is 10.4 Å². The van der Waals surface area contributed by atoms with Crippen LogP contribution in [0.4, 0.5) is 8.78 Å². The van der Waals surface area contributed by atoms with E-state index in [1.54, 1.807) is 6.07 Å². The van der Waals surface area contributed by atoms with Crippen molar-refractivity contribution in [2.45, 2.75) is 6.54 Å². The number of benzene rings is 1. The Balaban J connectivity index is 2.31. The normalized spacial score (nSPS) is 10.7. The molecular formula is C12H11F2NS. The Morgan fingerprint density at radius 1 is 1.19 bits per heavy atom. The summed E-state index contributed by atoms with van der Waals surface area (Å²) in [5.74, 6) is -1.61. The molecule has 0 bridgehead atoms. The van der Waals surface area contributed by atoms with Crippen LogP contribution in [0.25, 0.3) is 10.4 Å². The smallest absolute Gasteiger partial charge is 0.159 e. The van der Waals surface area contributed by atoms with E-state index in [1.807, 2.05) is 18.5 Å². The average Bonchev–Trinajstić information content (AvgIpc) is 2.71. The van der Waals surface area contributed by atoms with Crippen molar-refractivity contribution < 1.29 is 8.78 Å². The number of thiophene rings is 1. The van der Waals surface area contributed by atoms with Gasteiger partial charge in [0.25, 0.3) is 0 Å². The van der Waals surface area contributed by atoms with Crippen LogP contribution in [0, 0.1) is 11.6 Å². The molecule has 0 aliphatic heterocycles. The molecule has 2 aromatic rings. The first-order chi connectivity index (χ1) is 7.70. The predicted octanol–water partition coefficient (Wildman–Crippen LogP) is 3.41. The highest BCUT2D eigenvalue weighted by atomic mass is 32.1. The van der Waals surface area contributed by atoms with E-state index in [2.05, 4.69) is 5.32 Å². The molecule has 0 spiro atoms. The van der Waals surface area contributed by atoms with Crippen molar-refractivity contribution in [3.63, 3.8) is 0 Å². The topological polar surface area (TPSA) is 12.0 Å². The highest BCUT2D eigenvalue weighted by Crippen LogP contribution is 2.28. The van der Waals surface area contributed by atoms with E-state index in [-0.39, 0.29) is 0 Å². The summed E-state index contributed by atoms with van der Waals surface area (Å²) in [4.78, 5) is 0.948. The van der Waals surface area contributed by atoms with Crippen molar-refractivity contribution in [1.29, 1.82) is 0 Å². The molecule has 1 heterocycles. The molecule has 84 valence electrons. The molecule has 0 saturated carbocycles. The molecule has 1 aromatic carbocycles. The van der Waals surface area contributed by atoms with Crippen LogP contribution in [0.3, 0.4) is 0 Å². The molecule has 0 amide bonds. The van der Waals surface area contributed by atoms with Gasteiger partial charge in [0.15, 0.2) is 11.6 Å². The van der Waals surface area contributed by atoms with E-state index < -0.39 is 11.6 Å². The first-order valence-electron chi connectivity index (χ1n) is 4.88. The van der Waals surface area contributed by atoms with E-state index in [0.29, 0.717) is 5.56 Å². The molecule has 1 N–H and O–H groups in total. The van der Waals surface area contributed by atoms with Crippen LogP contribution in [0.1, 0.15) is 5.56 Å². The van der Waals surface area contributed by atoms with Gasteiger partial charge in [0, 0.05) is 11.4 Å². The monoisotopic (exact) mass is 239 g/mol. The van der Waals surface area contributed by atoms with Gasteiger partial charge in [0.2, 0.25) is 0 Å². The van der Waals surface area contributed by atoms with Gasteiger partial charge in [-0.3, -0.25) is 0 Å². The minimum absolute atomic E-state index is 0.714. The van der Waals surface area contributed by atoms with Gasteiger partial charge in [-0.2, -0.15) is 0 Å². The molecular weight excluding hydrogens is 228 g/mol. The Kier molecular flexibility index (Phi) is 3.31. The first-order valence-corrected chi connectivity index (χ1v) is 5.76. The predicted molar refractivity (Wildman–Crippen MR) is 62.4 cm³/mol. The second-order valence-corrected chi connectivity index (χ2v) is 4.39. The number of rotatable bonds is 3. The molecule has 0 aliphatic carbocycles. The Morgan fingerprint density at radius 3 is 2.69 bits per heavy atom. The van der Waals surface area contributed by atoms with Crippen LogP contribution in [0.2, 0.25) is 0 Å². The summed E-state index contributed by atoms with van der Waals surface area (Å²) in [5.41, 5.74) is 1.86. The second-order valence-electron chi connectivity index (χ2n) is 3.48. The molecule has 0 atom stereocenters. The lowest BCUT2D eigenvalue weighted by molar-refractivity contribution is 0.509. The fourth-order valence-corrected chi connectivity index (χ4v) is 2.39. The van der Waals surface area contributed by atoms with Crippen LogP contribution >= 0.6 is 11.3 Å². The van der Waals surface area contributed by atoms with Crippen molar-refractivity contribution in [3.05, 3.63) is 46.8 Å². The standard InChI is InChI=1S/C12H11F2NS/c1-15-6-8-4-12(16-7-8)9-2-3-10(13)11(14)5-9/h2-5,7,15H,6H2,1H3. The van der Waals surface area contributed by atoms with Gasteiger partial charge in [-0.05, 0) is 41.8 Å². The lowest BCUT2D eigenvalue weighted by atomic mass is 10.1. The molecule has 0 fully saturated rings. The van der Waals surface area contributed by atoms with Gasteiger partial charge >= 0.3 is 0 Å². The zero-order valence-corrected chi connectivity index (χ0v) is 9.57. The molecule has 0 aliphatic rings. The lowest BCUT2D eigenvalue weighted by Crippen LogP contribution is -2.03. The molecule has 16 heavy (non-hydrogen) atoms. The average molecular weight is 239 g/mol. The SMILES string of the molecule is CNCc1csc(-c2ccc(F)c(F)c2)c1. The highest BCUT2D eigenvalue weighted by Gasteiger charge is 2.06. The second kappa shape index (κ2) is 4.72. The maximum absolute atomic E-state index is 13.0. The van der Waals surface area contributed by atoms with Crippen molar-refractivity contribution in [2.24, 2.45) is 0 Å². The molecule has 0 unspecified atom stereocenters. The summed E-state index contributed by atoms with van der Waals surface area (Å²) in [6.07, 6.45) is 0. The molecule has 2 rings (SSSR count). The van der Waals surface area contributed by atoms with Crippen LogP contribution < -0.4 is 5.32 Å². The number of nitrogens with one attached hydrogen (secondary N) is 1. The fraction of sp³-hybridized carbons (Fsp3) is 0.167. The molecule has 1 nitrogen and oxygen atoms in total. The van der Waals surface area contributed by atoms with Crippen molar-refractivity contribution in [2.75, 3.05) is 7.05 Å². The molecule has 4 heteroatoms. The Hall–Kier alpha value is -1.26. The summed E-state index contributed by atoms with van der Waals surface area (Å²) in [6, 6.07) is 5.95. The first kappa shape index (κ1) is 11.2. The van der Waals surface area contributed by atoms with Crippen LogP contribution in [-0.2, 0) is 6.54 Å². The summed E-state index contributed by atoms with van der Waals surface area (Å²) in [5, 5.41) is 5.05. The fourth-order valence-electron chi connectivity index (χ4n) is 1.47. The summed E-state index contributed by atoms with van der Waals surface area (Å²) in [7, 11) is 1.87. The maximum atomic E-state index is 13.0. The van der Waals surface area contributed by atoms with Gasteiger partial charge in [-0.1, -0.05) is 6.07 Å². The van der Waals surface area contributed by atoms with Gasteiger partial charge in [-0.25, -0.2) is 8.78 Å². The van der Waals surface area contributed by atoms with E-state index in [4.69, 9.17) is 0 Å². The molecule has 1 aromatic heterocycles. The zero-order valence-electron chi connectivity index (χ0n) is 8.76. The Bertz CT molecular complexity index is 494. The van der Waals surface area contributed by atoms with Gasteiger partial charge in [0.1, 0.15) is 0 Å². The van der Waals surface area contributed by atoms with Gasteiger partial charge in [0.05, 0.1) is 0 Å². The maximum Gasteiger partial charge on any atom is 0.159 e. The Labute approximate surface area is 96.7 Å². The highest BCUT2D eigenvalue weighted by molar-refractivity contribution is 7.13. The largest absolute Gasteiger partial charge is 0.316 e. The third kappa shape index (κ3) is 2.28. The van der Waals surface area contributed by atoms with E-state index >= 15 is 0 Å². The van der Waals surface area contributed by atoms with Gasteiger partial charge < -0.3 is 5.32 Å². The number of halogens is 2. The Morgan fingerprint density at radius 2 is 2.00 bits per heavy atom. The summed E-state index contributed by atoms with van der Waals surface area (Å²) >= 11 is 1.53. The zero-order chi connectivity index (χ0) is 11.5. The van der Waals surface area contributed by atoms with E-state index in [9.17, 15) is 8.78 Å². The van der Waals surface area contributed by atoms with Crippen LogP contribution in [0.15, 0.2) is 29.6 Å². The minimum atomic E-state index is -0.809. The van der Waals surface area contributed by atoms with Gasteiger partial charge in [-0.15, -0.1) is 11.3 Å². The number of hydrogen-bond donors (Lipinski definition) is 1. The number of hydrogen-bond acceptors (Lipinski definition) is 2. The molecule has 0 saturated heterocycles. The quantitative estimate of drug-likeness (QED) is 0.865.